The molecule has 0 aliphatic carbocycles. The van der Waals surface area contributed by atoms with Crippen LogP contribution in [0.5, 0.6) is 0 Å². The van der Waals surface area contributed by atoms with E-state index >= 15 is 0 Å². The lowest BCUT2D eigenvalue weighted by molar-refractivity contribution is 0.343. The summed E-state index contributed by atoms with van der Waals surface area (Å²) in [6.07, 6.45) is 2.39. The van der Waals surface area contributed by atoms with Crippen molar-refractivity contribution in [3.8, 4) is 0 Å². The molecule has 1 aromatic rings. The fourth-order valence-corrected chi connectivity index (χ4v) is 2.41. The van der Waals surface area contributed by atoms with Gasteiger partial charge in [-0.25, -0.2) is 4.39 Å². The summed E-state index contributed by atoms with van der Waals surface area (Å²) in [5, 5.41) is 6.77. The van der Waals surface area contributed by atoms with Crippen molar-refractivity contribution in [2.45, 2.75) is 32.7 Å². The first-order chi connectivity index (χ1) is 8.16. The van der Waals surface area contributed by atoms with Gasteiger partial charge in [0.1, 0.15) is 5.82 Å². The number of nitrogens with one attached hydrogen (secondary N) is 2. The van der Waals surface area contributed by atoms with Gasteiger partial charge < -0.3 is 10.6 Å². The summed E-state index contributed by atoms with van der Waals surface area (Å²) in [6, 6.07) is 5.77. The van der Waals surface area contributed by atoms with E-state index in [1.807, 2.05) is 12.1 Å². The molecule has 17 heavy (non-hydrogen) atoms. The zero-order valence-electron chi connectivity index (χ0n) is 10.6. The van der Waals surface area contributed by atoms with Crippen molar-refractivity contribution in [1.82, 2.24) is 5.32 Å². The van der Waals surface area contributed by atoms with Crippen LogP contribution in [0.4, 0.5) is 10.1 Å². The fourth-order valence-electron chi connectivity index (χ4n) is 2.41. The van der Waals surface area contributed by atoms with Crippen molar-refractivity contribution in [3.05, 3.63) is 29.6 Å². The van der Waals surface area contributed by atoms with Crippen molar-refractivity contribution in [3.63, 3.8) is 0 Å². The highest BCUT2D eigenvalue weighted by molar-refractivity contribution is 5.46. The second-order valence-electron chi connectivity index (χ2n) is 4.98. The molecule has 1 saturated heterocycles. The highest BCUT2D eigenvalue weighted by atomic mass is 19.1. The van der Waals surface area contributed by atoms with Gasteiger partial charge in [0, 0.05) is 11.7 Å². The van der Waals surface area contributed by atoms with E-state index in [4.69, 9.17) is 0 Å². The molecule has 1 heterocycles. The Morgan fingerprint density at radius 3 is 2.71 bits per heavy atom. The van der Waals surface area contributed by atoms with Crippen LogP contribution < -0.4 is 10.6 Å². The minimum atomic E-state index is -0.132. The molecule has 1 aliphatic heterocycles. The molecule has 0 radical (unpaired) electrons. The van der Waals surface area contributed by atoms with Gasteiger partial charge in [0.15, 0.2) is 0 Å². The molecule has 1 fully saturated rings. The summed E-state index contributed by atoms with van der Waals surface area (Å²) in [4.78, 5) is 0. The van der Waals surface area contributed by atoms with Gasteiger partial charge in [0.2, 0.25) is 0 Å². The normalized spacial score (nSPS) is 19.0. The lowest BCUT2D eigenvalue weighted by Gasteiger charge is -2.29. The summed E-state index contributed by atoms with van der Waals surface area (Å²) in [7, 11) is 0. The first-order valence-corrected chi connectivity index (χ1v) is 6.40. The van der Waals surface area contributed by atoms with Crippen LogP contribution in [0.25, 0.3) is 0 Å². The van der Waals surface area contributed by atoms with E-state index in [1.165, 1.54) is 12.8 Å². The van der Waals surface area contributed by atoms with Crippen LogP contribution >= 0.6 is 0 Å². The van der Waals surface area contributed by atoms with Gasteiger partial charge in [-0.05, 0) is 63.4 Å². The summed E-state index contributed by atoms with van der Waals surface area (Å²) in [5.74, 6) is 0.549. The SMILES string of the molecule is Cc1ccc(NC(C)C2CCNCC2)cc1F. The molecule has 1 aliphatic rings. The maximum atomic E-state index is 13.4. The Hall–Kier alpha value is -1.09. The van der Waals surface area contributed by atoms with E-state index in [0.717, 1.165) is 18.8 Å². The number of anilines is 1. The zero-order chi connectivity index (χ0) is 12.3. The third kappa shape index (κ3) is 3.19. The third-order valence-corrected chi connectivity index (χ3v) is 3.66. The summed E-state index contributed by atoms with van der Waals surface area (Å²) in [5.41, 5.74) is 1.59. The van der Waals surface area contributed by atoms with E-state index in [9.17, 15) is 4.39 Å². The highest BCUT2D eigenvalue weighted by Gasteiger charge is 2.19. The first-order valence-electron chi connectivity index (χ1n) is 6.40. The highest BCUT2D eigenvalue weighted by Crippen LogP contribution is 2.21. The lowest BCUT2D eigenvalue weighted by atomic mass is 9.91. The molecule has 2 rings (SSSR count). The second-order valence-corrected chi connectivity index (χ2v) is 4.98. The van der Waals surface area contributed by atoms with Gasteiger partial charge in [-0.3, -0.25) is 0 Å². The van der Waals surface area contributed by atoms with E-state index in [2.05, 4.69) is 17.6 Å². The van der Waals surface area contributed by atoms with Gasteiger partial charge >= 0.3 is 0 Å². The minimum Gasteiger partial charge on any atom is -0.382 e. The summed E-state index contributed by atoms with van der Waals surface area (Å²) >= 11 is 0. The maximum absolute atomic E-state index is 13.4. The molecule has 1 unspecified atom stereocenters. The van der Waals surface area contributed by atoms with Crippen molar-refractivity contribution in [2.24, 2.45) is 5.92 Å². The fraction of sp³-hybridized carbons (Fsp3) is 0.571. The predicted octanol–water partition coefficient (Wildman–Crippen LogP) is 2.93. The Balaban J connectivity index is 1.96. The van der Waals surface area contributed by atoms with Crippen molar-refractivity contribution >= 4 is 5.69 Å². The second kappa shape index (κ2) is 5.50. The zero-order valence-corrected chi connectivity index (χ0v) is 10.6. The van der Waals surface area contributed by atoms with Crippen LogP contribution in [0.15, 0.2) is 18.2 Å². The monoisotopic (exact) mass is 236 g/mol. The van der Waals surface area contributed by atoms with Crippen LogP contribution in [0.2, 0.25) is 0 Å². The smallest absolute Gasteiger partial charge is 0.128 e. The average Bonchev–Trinajstić information content (AvgIpc) is 2.35. The minimum absolute atomic E-state index is 0.132. The molecular formula is C14H21FN2. The molecule has 3 heteroatoms. The summed E-state index contributed by atoms with van der Waals surface area (Å²) < 4.78 is 13.4. The van der Waals surface area contributed by atoms with Gasteiger partial charge in [-0.2, -0.15) is 0 Å². The Morgan fingerprint density at radius 2 is 2.06 bits per heavy atom. The number of benzene rings is 1. The molecule has 2 N–H and O–H groups in total. The average molecular weight is 236 g/mol. The molecule has 0 amide bonds. The van der Waals surface area contributed by atoms with Crippen molar-refractivity contribution < 1.29 is 4.39 Å². The molecule has 0 bridgehead atoms. The Bertz CT molecular complexity index is 372. The number of rotatable bonds is 3. The van der Waals surface area contributed by atoms with Crippen molar-refractivity contribution in [1.29, 1.82) is 0 Å². The molecule has 1 atom stereocenters. The molecule has 94 valence electrons. The Morgan fingerprint density at radius 1 is 1.35 bits per heavy atom. The Kier molecular flexibility index (Phi) is 4.00. The first kappa shape index (κ1) is 12.4. The largest absolute Gasteiger partial charge is 0.382 e. The van der Waals surface area contributed by atoms with Crippen LogP contribution in [0, 0.1) is 18.7 Å². The van der Waals surface area contributed by atoms with Crippen molar-refractivity contribution in [2.75, 3.05) is 18.4 Å². The molecular weight excluding hydrogens is 215 g/mol. The Labute approximate surface area is 103 Å². The third-order valence-electron chi connectivity index (χ3n) is 3.66. The number of aryl methyl sites for hydroxylation is 1. The molecule has 0 spiro atoms. The number of piperidine rings is 1. The number of hydrogen-bond donors (Lipinski definition) is 2. The topological polar surface area (TPSA) is 24.1 Å². The van der Waals surface area contributed by atoms with Crippen LogP contribution in [-0.4, -0.2) is 19.1 Å². The van der Waals surface area contributed by atoms with Crippen LogP contribution in [0.3, 0.4) is 0 Å². The predicted molar refractivity (Wildman–Crippen MR) is 69.8 cm³/mol. The van der Waals surface area contributed by atoms with Gasteiger partial charge in [0.05, 0.1) is 0 Å². The van der Waals surface area contributed by atoms with Gasteiger partial charge in [-0.1, -0.05) is 6.07 Å². The van der Waals surface area contributed by atoms with Crippen LogP contribution in [0.1, 0.15) is 25.3 Å². The van der Waals surface area contributed by atoms with Crippen LogP contribution in [-0.2, 0) is 0 Å². The summed E-state index contributed by atoms with van der Waals surface area (Å²) in [6.45, 7) is 6.17. The number of hydrogen-bond acceptors (Lipinski definition) is 2. The van der Waals surface area contributed by atoms with Gasteiger partial charge in [-0.15, -0.1) is 0 Å². The molecule has 2 nitrogen and oxygen atoms in total. The van der Waals surface area contributed by atoms with E-state index in [1.54, 1.807) is 13.0 Å². The quantitative estimate of drug-likeness (QED) is 0.843. The molecule has 0 aromatic heterocycles. The van der Waals surface area contributed by atoms with E-state index in [0.29, 0.717) is 17.5 Å². The molecule has 1 aromatic carbocycles. The maximum Gasteiger partial charge on any atom is 0.128 e. The van der Waals surface area contributed by atoms with E-state index < -0.39 is 0 Å². The van der Waals surface area contributed by atoms with E-state index in [-0.39, 0.29) is 5.82 Å². The van der Waals surface area contributed by atoms with Gasteiger partial charge in [0.25, 0.3) is 0 Å². The lowest BCUT2D eigenvalue weighted by Crippen LogP contribution is -2.36. The standard InChI is InChI=1S/C14H21FN2/c1-10-3-4-13(9-14(10)15)17-11(2)12-5-7-16-8-6-12/h3-4,9,11-12,16-17H,5-8H2,1-2H3. The molecule has 0 saturated carbocycles. The number of halogens is 1.